The summed E-state index contributed by atoms with van der Waals surface area (Å²) in [4.78, 5) is 73.2. The molecule has 17 heteroatoms. The largest absolute Gasteiger partial charge is 0.488 e. The monoisotopic (exact) mass is 884 g/mol. The summed E-state index contributed by atoms with van der Waals surface area (Å²) < 4.78 is 27.1. The topological polar surface area (TPSA) is 202 Å². The highest BCUT2D eigenvalue weighted by molar-refractivity contribution is 6.07. The maximum atomic E-state index is 14.2. The van der Waals surface area contributed by atoms with Crippen LogP contribution < -0.4 is 15.4 Å². The number of methoxy groups -OCH3 is 4. The normalized spacial score (nSPS) is 19.2. The molecular formula is C48H52N8O9. The molecule has 65 heavy (non-hydrogen) atoms. The van der Waals surface area contributed by atoms with Crippen molar-refractivity contribution >= 4 is 45.8 Å². The third kappa shape index (κ3) is 8.32. The van der Waals surface area contributed by atoms with Crippen LogP contribution in [0.5, 0.6) is 5.75 Å². The van der Waals surface area contributed by atoms with E-state index in [9.17, 15) is 19.2 Å². The number of likely N-dealkylation sites (tertiary alicyclic amines) is 2. The molecule has 2 saturated heterocycles. The molecule has 6 unspecified atom stereocenters. The Morgan fingerprint density at radius 1 is 0.862 bits per heavy atom. The minimum absolute atomic E-state index is 0.0524. The number of benzene rings is 4. The van der Waals surface area contributed by atoms with Crippen LogP contribution in [0.2, 0.25) is 0 Å². The van der Waals surface area contributed by atoms with E-state index in [1.165, 1.54) is 21.3 Å². The van der Waals surface area contributed by atoms with E-state index in [1.54, 1.807) is 30.0 Å². The summed E-state index contributed by atoms with van der Waals surface area (Å²) in [5.41, 5.74) is 7.04. The van der Waals surface area contributed by atoms with Gasteiger partial charge in [-0.05, 0) is 78.1 Å². The van der Waals surface area contributed by atoms with Gasteiger partial charge in [-0.1, -0.05) is 48.5 Å². The van der Waals surface area contributed by atoms with Gasteiger partial charge in [0.2, 0.25) is 5.91 Å². The lowest BCUT2D eigenvalue weighted by atomic mass is 9.92. The third-order valence-electron chi connectivity index (χ3n) is 12.9. The molecule has 0 spiro atoms. The Bertz CT molecular complexity index is 2760. The van der Waals surface area contributed by atoms with Crippen molar-refractivity contribution in [3.05, 3.63) is 102 Å². The Labute approximate surface area is 375 Å². The zero-order valence-corrected chi connectivity index (χ0v) is 36.9. The number of H-pyrrole nitrogens is 2. The smallest absolute Gasteiger partial charge is 0.407 e. The van der Waals surface area contributed by atoms with Gasteiger partial charge in [0.25, 0.3) is 5.91 Å². The van der Waals surface area contributed by atoms with Crippen molar-refractivity contribution in [3.63, 3.8) is 0 Å². The first kappa shape index (κ1) is 43.3. The SMILES string of the molecule is COCC1CC(c2nc3c(ccc4cc5c(cc43)OCc3cc(-c4cnc(C6CCCN6C(=O)C(NC(=O)OC)c6ccccc6)[nH]4)ccc3-5)[nH]2)N(C(=O)C(NC(=O)OC)C(C)OC)C1. The van der Waals surface area contributed by atoms with E-state index in [2.05, 4.69) is 50.9 Å². The molecule has 5 heterocycles. The van der Waals surface area contributed by atoms with E-state index >= 15 is 0 Å². The quantitative estimate of drug-likeness (QED) is 0.102. The van der Waals surface area contributed by atoms with Gasteiger partial charge in [0.15, 0.2) is 0 Å². The number of alkyl carbamates (subject to hydrolysis) is 2. The number of nitrogens with zero attached hydrogens (tertiary/aromatic N) is 4. The molecule has 3 aliphatic heterocycles. The number of rotatable bonds is 12. The highest BCUT2D eigenvalue weighted by atomic mass is 16.5. The number of fused-ring (bicyclic) bond motifs is 6. The Morgan fingerprint density at radius 3 is 2.43 bits per heavy atom. The lowest BCUT2D eigenvalue weighted by Gasteiger charge is -2.30. The van der Waals surface area contributed by atoms with Crippen LogP contribution in [-0.4, -0.2) is 114 Å². The van der Waals surface area contributed by atoms with Gasteiger partial charge in [-0.2, -0.15) is 0 Å². The Kier molecular flexibility index (Phi) is 12.2. The number of hydrogen-bond acceptors (Lipinski definition) is 11. The van der Waals surface area contributed by atoms with E-state index in [0.717, 1.165) is 68.3 Å². The van der Waals surface area contributed by atoms with Gasteiger partial charge >= 0.3 is 12.2 Å². The standard InChI is InChI=1S/C48H52N8O9/c1-26(62-3)40(53-47(59)63-4)45(57)56-23-27(24-61-2)18-38(56)44-50-35-16-14-29-20-34-32-15-13-30(19-31(32)25-65-39(34)21-33(29)42(35)52-44)36-22-49-43(51-36)37-12-9-17-55(37)46(58)41(54-48(60)64-5)28-10-7-6-8-11-28/h6-8,10-11,13-16,19-22,26-27,37-38,40-41H,9,12,17-18,23-25H2,1-5H3,(H,49,51)(H,50,52)(H,53,59)(H,54,60). The summed E-state index contributed by atoms with van der Waals surface area (Å²) in [6, 6.07) is 21.1. The van der Waals surface area contributed by atoms with Gasteiger partial charge in [-0.3, -0.25) is 9.59 Å². The zero-order chi connectivity index (χ0) is 45.4. The second-order valence-electron chi connectivity index (χ2n) is 16.8. The second kappa shape index (κ2) is 18.3. The van der Waals surface area contributed by atoms with E-state index in [4.69, 9.17) is 33.7 Å². The number of carbonyl (C=O) groups excluding carboxylic acids is 4. The van der Waals surface area contributed by atoms with Crippen LogP contribution in [0.15, 0.2) is 79.0 Å². The number of aromatic nitrogens is 4. The lowest BCUT2D eigenvalue weighted by molar-refractivity contribution is -0.138. The molecule has 6 atom stereocenters. The first-order chi connectivity index (χ1) is 31.6. The summed E-state index contributed by atoms with van der Waals surface area (Å²) >= 11 is 0. The summed E-state index contributed by atoms with van der Waals surface area (Å²) in [5.74, 6) is 1.58. The van der Waals surface area contributed by atoms with Crippen LogP contribution in [0.25, 0.3) is 44.2 Å². The predicted molar refractivity (Wildman–Crippen MR) is 240 cm³/mol. The molecule has 0 aliphatic carbocycles. The number of aromatic amines is 2. The van der Waals surface area contributed by atoms with Crippen molar-refractivity contribution in [2.75, 3.05) is 48.1 Å². The summed E-state index contributed by atoms with van der Waals surface area (Å²) in [7, 11) is 5.67. The molecule has 4 N–H and O–H groups in total. The first-order valence-electron chi connectivity index (χ1n) is 21.7. The molecular weight excluding hydrogens is 833 g/mol. The van der Waals surface area contributed by atoms with E-state index in [-0.39, 0.29) is 23.8 Å². The number of hydrogen-bond donors (Lipinski definition) is 4. The maximum Gasteiger partial charge on any atom is 0.407 e. The molecule has 17 nitrogen and oxygen atoms in total. The minimum Gasteiger partial charge on any atom is -0.488 e. The average molecular weight is 885 g/mol. The molecule has 6 aromatic rings. The molecule has 0 saturated carbocycles. The number of nitrogens with one attached hydrogen (secondary N) is 4. The molecule has 0 bridgehead atoms. The fourth-order valence-corrected chi connectivity index (χ4v) is 9.54. The van der Waals surface area contributed by atoms with Gasteiger partial charge in [0.05, 0.1) is 61.9 Å². The average Bonchev–Trinajstić information content (AvgIpc) is 4.18. The summed E-state index contributed by atoms with van der Waals surface area (Å²) in [6.45, 7) is 3.49. The van der Waals surface area contributed by atoms with Crippen LogP contribution in [0.4, 0.5) is 9.59 Å². The lowest BCUT2D eigenvalue weighted by Crippen LogP contribution is -2.54. The number of imidazole rings is 2. The van der Waals surface area contributed by atoms with Crippen molar-refractivity contribution in [2.24, 2.45) is 5.92 Å². The molecule has 4 aromatic carbocycles. The van der Waals surface area contributed by atoms with Gasteiger partial charge in [-0.25, -0.2) is 19.6 Å². The summed E-state index contributed by atoms with van der Waals surface area (Å²) in [6.07, 6.45) is 1.92. The Morgan fingerprint density at radius 2 is 1.66 bits per heavy atom. The molecule has 3 aliphatic rings. The second-order valence-corrected chi connectivity index (χ2v) is 16.8. The van der Waals surface area contributed by atoms with Gasteiger partial charge < -0.3 is 54.1 Å². The molecule has 0 radical (unpaired) electrons. The van der Waals surface area contributed by atoms with Crippen molar-refractivity contribution < 1.29 is 42.9 Å². The Hall–Kier alpha value is -6.98. The first-order valence-corrected chi connectivity index (χ1v) is 21.7. The zero-order valence-electron chi connectivity index (χ0n) is 36.9. The minimum atomic E-state index is -0.973. The van der Waals surface area contributed by atoms with Crippen LogP contribution in [0, 0.1) is 5.92 Å². The Balaban J connectivity index is 0.967. The maximum absolute atomic E-state index is 14.2. The fourth-order valence-electron chi connectivity index (χ4n) is 9.54. The van der Waals surface area contributed by atoms with Crippen molar-refractivity contribution in [3.8, 4) is 28.1 Å². The highest BCUT2D eigenvalue weighted by Gasteiger charge is 2.43. The fraction of sp³-hybridized carbons (Fsp3) is 0.375. The van der Waals surface area contributed by atoms with Crippen LogP contribution in [0.1, 0.15) is 67.1 Å². The van der Waals surface area contributed by atoms with Crippen LogP contribution in [0.3, 0.4) is 0 Å². The van der Waals surface area contributed by atoms with E-state index < -0.39 is 36.4 Å². The van der Waals surface area contributed by atoms with Crippen LogP contribution in [-0.2, 0) is 35.1 Å². The summed E-state index contributed by atoms with van der Waals surface area (Å²) in [5, 5.41) is 7.27. The van der Waals surface area contributed by atoms with E-state index in [0.29, 0.717) is 49.9 Å². The number of amides is 4. The van der Waals surface area contributed by atoms with Crippen molar-refractivity contribution in [2.45, 2.75) is 63.1 Å². The van der Waals surface area contributed by atoms with Gasteiger partial charge in [0, 0.05) is 44.2 Å². The van der Waals surface area contributed by atoms with Crippen LogP contribution >= 0.6 is 0 Å². The predicted octanol–water partition coefficient (Wildman–Crippen LogP) is 6.72. The third-order valence-corrected chi connectivity index (χ3v) is 12.9. The highest BCUT2D eigenvalue weighted by Crippen LogP contribution is 2.44. The number of carbonyl (C=O) groups is 4. The number of ether oxygens (including phenoxy) is 5. The van der Waals surface area contributed by atoms with Gasteiger partial charge in [0.1, 0.15) is 36.1 Å². The van der Waals surface area contributed by atoms with Crippen molar-refractivity contribution in [1.82, 2.24) is 40.4 Å². The molecule has 338 valence electrons. The van der Waals surface area contributed by atoms with Gasteiger partial charge in [-0.15, -0.1) is 0 Å². The molecule has 2 aromatic heterocycles. The van der Waals surface area contributed by atoms with Crippen molar-refractivity contribution in [1.29, 1.82) is 0 Å². The van der Waals surface area contributed by atoms with E-state index in [1.807, 2.05) is 42.5 Å². The molecule has 4 amide bonds. The molecule has 9 rings (SSSR count). The molecule has 2 fully saturated rings.